The number of hydrogen-bond acceptors (Lipinski definition) is 3. The van der Waals surface area contributed by atoms with Gasteiger partial charge in [0.2, 0.25) is 0 Å². The highest BCUT2D eigenvalue weighted by atomic mass is 16.5. The lowest BCUT2D eigenvalue weighted by Gasteiger charge is -2.14. The van der Waals surface area contributed by atoms with Crippen LogP contribution in [0.15, 0.2) is 11.6 Å². The third-order valence-corrected chi connectivity index (χ3v) is 3.09. The second-order valence-electron chi connectivity index (χ2n) is 4.66. The Hall–Kier alpha value is -1.12. The molecule has 0 saturated heterocycles. The number of esters is 1. The fourth-order valence-electron chi connectivity index (χ4n) is 2.11. The lowest BCUT2D eigenvalue weighted by atomic mass is 9.93. The van der Waals surface area contributed by atoms with Crippen LogP contribution in [0, 0.1) is 5.92 Å². The monoisotopic (exact) mass is 238 g/mol. The molecule has 1 unspecified atom stereocenters. The average Bonchev–Trinajstić information content (AvgIpc) is 2.30. The van der Waals surface area contributed by atoms with Crippen LogP contribution in [0.25, 0.3) is 0 Å². The summed E-state index contributed by atoms with van der Waals surface area (Å²) in [6, 6.07) is 0. The number of carbonyl (C=O) groups is 2. The molecule has 0 aromatic carbocycles. The predicted octanol–water partition coefficient (Wildman–Crippen LogP) is 3.04. The lowest BCUT2D eigenvalue weighted by molar-refractivity contribution is -0.146. The molecular weight excluding hydrogens is 216 g/mol. The van der Waals surface area contributed by atoms with Crippen molar-refractivity contribution >= 4 is 11.8 Å². The fourth-order valence-corrected chi connectivity index (χ4v) is 2.11. The standard InChI is InChI=1S/C14H22O3/c1-3-17-14(16)12-8-9-13(15)7-5-4-6-11(2)10-12/h10,12H,3-9H2,1-2H3/b11-10+. The van der Waals surface area contributed by atoms with Crippen LogP contribution in [-0.4, -0.2) is 18.4 Å². The highest BCUT2D eigenvalue weighted by Crippen LogP contribution is 2.20. The Labute approximate surface area is 103 Å². The Balaban J connectivity index is 2.70. The topological polar surface area (TPSA) is 43.4 Å². The Kier molecular flexibility index (Phi) is 5.95. The summed E-state index contributed by atoms with van der Waals surface area (Å²) in [5.74, 6) is -0.163. The molecule has 0 radical (unpaired) electrons. The summed E-state index contributed by atoms with van der Waals surface area (Å²) in [7, 11) is 0. The summed E-state index contributed by atoms with van der Waals surface area (Å²) in [5.41, 5.74) is 1.23. The quantitative estimate of drug-likeness (QED) is 0.548. The van der Waals surface area contributed by atoms with Crippen LogP contribution in [0.3, 0.4) is 0 Å². The molecule has 1 atom stereocenters. The molecule has 0 saturated carbocycles. The minimum absolute atomic E-state index is 0.194. The average molecular weight is 238 g/mol. The number of ketones is 1. The highest BCUT2D eigenvalue weighted by molar-refractivity contribution is 5.80. The van der Waals surface area contributed by atoms with Gasteiger partial charge in [0.05, 0.1) is 12.5 Å². The van der Waals surface area contributed by atoms with E-state index in [9.17, 15) is 9.59 Å². The first-order valence-corrected chi connectivity index (χ1v) is 6.49. The van der Waals surface area contributed by atoms with E-state index in [1.807, 2.05) is 6.08 Å². The molecule has 0 N–H and O–H groups in total. The molecular formula is C14H22O3. The molecule has 0 fully saturated rings. The van der Waals surface area contributed by atoms with Crippen molar-refractivity contribution in [2.75, 3.05) is 6.61 Å². The summed E-state index contributed by atoms with van der Waals surface area (Å²) < 4.78 is 5.04. The van der Waals surface area contributed by atoms with Crippen LogP contribution in [0.2, 0.25) is 0 Å². The van der Waals surface area contributed by atoms with Crippen LogP contribution < -0.4 is 0 Å². The van der Waals surface area contributed by atoms with Gasteiger partial charge in [0, 0.05) is 12.8 Å². The second kappa shape index (κ2) is 7.25. The Morgan fingerprint density at radius 3 is 2.76 bits per heavy atom. The van der Waals surface area contributed by atoms with Crippen molar-refractivity contribution in [3.63, 3.8) is 0 Å². The van der Waals surface area contributed by atoms with Crippen molar-refractivity contribution in [2.45, 2.75) is 52.4 Å². The van der Waals surface area contributed by atoms with Gasteiger partial charge < -0.3 is 4.74 Å². The van der Waals surface area contributed by atoms with Crippen LogP contribution in [0.4, 0.5) is 0 Å². The first-order valence-electron chi connectivity index (χ1n) is 6.49. The van der Waals surface area contributed by atoms with Crippen molar-refractivity contribution < 1.29 is 14.3 Å². The van der Waals surface area contributed by atoms with E-state index in [-0.39, 0.29) is 17.7 Å². The van der Waals surface area contributed by atoms with Crippen LogP contribution >= 0.6 is 0 Å². The maximum atomic E-state index is 11.7. The molecule has 0 heterocycles. The molecule has 0 aromatic heterocycles. The normalized spacial score (nSPS) is 25.9. The van der Waals surface area contributed by atoms with E-state index < -0.39 is 0 Å². The van der Waals surface area contributed by atoms with E-state index in [0.29, 0.717) is 25.9 Å². The largest absolute Gasteiger partial charge is 0.466 e. The SMILES string of the molecule is CCOC(=O)C1/C=C(\C)CCCCC(=O)CC1. The van der Waals surface area contributed by atoms with E-state index in [4.69, 9.17) is 4.74 Å². The van der Waals surface area contributed by atoms with Gasteiger partial charge in [-0.05, 0) is 39.5 Å². The van der Waals surface area contributed by atoms with Gasteiger partial charge in [0.25, 0.3) is 0 Å². The molecule has 1 aliphatic rings. The number of rotatable bonds is 2. The van der Waals surface area contributed by atoms with Crippen molar-refractivity contribution in [2.24, 2.45) is 5.92 Å². The summed E-state index contributed by atoms with van der Waals surface area (Å²) >= 11 is 0. The summed E-state index contributed by atoms with van der Waals surface area (Å²) in [5, 5.41) is 0. The van der Waals surface area contributed by atoms with Gasteiger partial charge in [0.1, 0.15) is 5.78 Å². The van der Waals surface area contributed by atoms with Crippen molar-refractivity contribution in [1.82, 2.24) is 0 Å². The zero-order valence-electron chi connectivity index (χ0n) is 10.8. The summed E-state index contributed by atoms with van der Waals surface area (Å²) in [6.45, 7) is 4.26. The first kappa shape index (κ1) is 13.9. The zero-order valence-corrected chi connectivity index (χ0v) is 10.8. The van der Waals surface area contributed by atoms with Gasteiger partial charge in [-0.2, -0.15) is 0 Å². The van der Waals surface area contributed by atoms with Gasteiger partial charge in [-0.3, -0.25) is 9.59 Å². The van der Waals surface area contributed by atoms with Crippen molar-refractivity contribution in [1.29, 1.82) is 0 Å². The molecule has 0 aromatic rings. The Bertz CT molecular complexity index is 305. The lowest BCUT2D eigenvalue weighted by Crippen LogP contribution is -2.18. The molecule has 0 spiro atoms. The van der Waals surface area contributed by atoms with Gasteiger partial charge in [-0.25, -0.2) is 0 Å². The molecule has 0 amide bonds. The summed E-state index contributed by atoms with van der Waals surface area (Å²) in [4.78, 5) is 23.3. The van der Waals surface area contributed by atoms with Crippen LogP contribution in [0.1, 0.15) is 52.4 Å². The van der Waals surface area contributed by atoms with Gasteiger partial charge in [-0.15, -0.1) is 0 Å². The minimum Gasteiger partial charge on any atom is -0.466 e. The molecule has 1 rings (SSSR count). The number of Topliss-reactive ketones (excluding diaryl/α,β-unsaturated/α-hetero) is 1. The fraction of sp³-hybridized carbons (Fsp3) is 0.714. The van der Waals surface area contributed by atoms with Gasteiger partial charge >= 0.3 is 5.97 Å². The van der Waals surface area contributed by atoms with Crippen LogP contribution in [-0.2, 0) is 14.3 Å². The zero-order chi connectivity index (χ0) is 12.7. The van der Waals surface area contributed by atoms with Crippen molar-refractivity contribution in [3.8, 4) is 0 Å². The number of allylic oxidation sites excluding steroid dienone is 1. The van der Waals surface area contributed by atoms with E-state index in [1.54, 1.807) is 6.92 Å². The smallest absolute Gasteiger partial charge is 0.312 e. The molecule has 0 aliphatic heterocycles. The molecule has 3 heteroatoms. The van der Waals surface area contributed by atoms with Crippen LogP contribution in [0.5, 0.6) is 0 Å². The molecule has 3 nitrogen and oxygen atoms in total. The van der Waals surface area contributed by atoms with E-state index >= 15 is 0 Å². The van der Waals surface area contributed by atoms with Crippen molar-refractivity contribution in [3.05, 3.63) is 11.6 Å². The highest BCUT2D eigenvalue weighted by Gasteiger charge is 2.19. The third kappa shape index (κ3) is 5.16. The van der Waals surface area contributed by atoms with Gasteiger partial charge in [0.15, 0.2) is 0 Å². The number of hydrogen-bond donors (Lipinski definition) is 0. The maximum Gasteiger partial charge on any atom is 0.312 e. The predicted molar refractivity (Wildman–Crippen MR) is 66.6 cm³/mol. The number of carbonyl (C=O) groups excluding carboxylic acids is 2. The van der Waals surface area contributed by atoms with E-state index in [0.717, 1.165) is 19.3 Å². The second-order valence-corrected chi connectivity index (χ2v) is 4.66. The van der Waals surface area contributed by atoms with E-state index in [2.05, 4.69) is 6.92 Å². The van der Waals surface area contributed by atoms with E-state index in [1.165, 1.54) is 5.57 Å². The van der Waals surface area contributed by atoms with Gasteiger partial charge in [-0.1, -0.05) is 11.6 Å². The number of ether oxygens (including phenoxy) is 1. The molecule has 17 heavy (non-hydrogen) atoms. The molecule has 96 valence electrons. The Morgan fingerprint density at radius 2 is 2.06 bits per heavy atom. The first-order chi connectivity index (χ1) is 8.13. The third-order valence-electron chi connectivity index (χ3n) is 3.09. The maximum absolute atomic E-state index is 11.7. The Morgan fingerprint density at radius 1 is 1.35 bits per heavy atom. The minimum atomic E-state index is -0.239. The molecule has 0 bridgehead atoms. The summed E-state index contributed by atoms with van der Waals surface area (Å²) in [6.07, 6.45) is 6.70. The molecule has 1 aliphatic carbocycles.